The number of benzene rings is 1. The number of carbonyl (C=O) groups excluding carboxylic acids is 2. The van der Waals surface area contributed by atoms with Crippen LogP contribution in [-0.2, 0) is 16.6 Å². The number of amides is 2. The fourth-order valence-corrected chi connectivity index (χ4v) is 3.56. The summed E-state index contributed by atoms with van der Waals surface area (Å²) in [5, 5.41) is 6.87. The van der Waals surface area contributed by atoms with E-state index in [2.05, 4.69) is 17.3 Å². The number of likely N-dealkylation sites (tertiary alicyclic amines) is 1. The van der Waals surface area contributed by atoms with Crippen LogP contribution in [0, 0.1) is 0 Å². The van der Waals surface area contributed by atoms with Crippen molar-refractivity contribution >= 4 is 12.3 Å². The number of rotatable bonds is 6. The van der Waals surface area contributed by atoms with E-state index in [0.29, 0.717) is 10.5 Å². The quantitative estimate of drug-likeness (QED) is 0.417. The smallest absolute Gasteiger partial charge is 0.297 e. The minimum Gasteiger partial charge on any atom is -0.352 e. The van der Waals surface area contributed by atoms with Crippen molar-refractivity contribution in [3.05, 3.63) is 42.1 Å². The second-order valence-electron chi connectivity index (χ2n) is 9.05. The second-order valence-corrected chi connectivity index (χ2v) is 9.05. The van der Waals surface area contributed by atoms with Gasteiger partial charge < -0.3 is 14.7 Å². The summed E-state index contributed by atoms with van der Waals surface area (Å²) < 4.78 is 2.32. The van der Waals surface area contributed by atoms with Crippen LogP contribution in [0.2, 0.25) is 0 Å². The van der Waals surface area contributed by atoms with Crippen molar-refractivity contribution in [2.45, 2.75) is 44.9 Å². The Hall–Kier alpha value is -2.71. The minimum atomic E-state index is -0.435. The highest BCUT2D eigenvalue weighted by molar-refractivity contribution is 5.80. The molecular weight excluding hydrogens is 392 g/mol. The lowest BCUT2D eigenvalue weighted by Gasteiger charge is -2.33. The summed E-state index contributed by atoms with van der Waals surface area (Å²) in [5.41, 5.74) is 9.20. The zero-order valence-electron chi connectivity index (χ0n) is 19.6. The number of carbonyl (C=O) groups is 2. The van der Waals surface area contributed by atoms with Gasteiger partial charge in [-0.3, -0.25) is 20.0 Å². The van der Waals surface area contributed by atoms with E-state index in [1.54, 1.807) is 6.20 Å². The summed E-state index contributed by atoms with van der Waals surface area (Å²) in [6, 6.07) is 10.5. The molecule has 1 aromatic carbocycles. The Kier molecular flexibility index (Phi) is 8.36. The summed E-state index contributed by atoms with van der Waals surface area (Å²) in [6.07, 6.45) is 4.28. The maximum atomic E-state index is 12.0. The van der Waals surface area contributed by atoms with Gasteiger partial charge in [0, 0.05) is 25.8 Å². The lowest BCUT2D eigenvalue weighted by Crippen LogP contribution is -2.60. The molecule has 2 heterocycles. The Balaban J connectivity index is 0.000000225. The molecule has 0 aliphatic carbocycles. The molecule has 3 N–H and O–H groups in total. The average molecular weight is 430 g/mol. The zero-order chi connectivity index (χ0) is 23.2. The number of quaternary nitrogens is 1. The number of hydrogen-bond donors (Lipinski definition) is 2. The molecule has 2 amide bonds. The summed E-state index contributed by atoms with van der Waals surface area (Å²) in [4.78, 5) is 24.3. The molecule has 1 fully saturated rings. The van der Waals surface area contributed by atoms with Crippen LogP contribution in [0.5, 0.6) is 0 Å². The van der Waals surface area contributed by atoms with E-state index in [9.17, 15) is 9.59 Å². The molecule has 0 spiro atoms. The molecular formula is C23H37N6O2+. The van der Waals surface area contributed by atoms with Gasteiger partial charge in [-0.25, -0.2) is 0 Å². The van der Waals surface area contributed by atoms with Crippen LogP contribution in [0.25, 0.3) is 11.3 Å². The molecule has 1 saturated heterocycles. The third kappa shape index (κ3) is 6.38. The molecule has 31 heavy (non-hydrogen) atoms. The molecule has 8 heteroatoms. The van der Waals surface area contributed by atoms with Crippen molar-refractivity contribution < 1.29 is 14.1 Å². The monoisotopic (exact) mass is 429 g/mol. The van der Waals surface area contributed by atoms with Gasteiger partial charge in [0.1, 0.15) is 0 Å². The highest BCUT2D eigenvalue weighted by Crippen LogP contribution is 2.21. The van der Waals surface area contributed by atoms with Crippen LogP contribution < -0.4 is 11.1 Å². The Bertz CT molecular complexity index is 852. The SMILES string of the molecule is CC(NC=O)c1ccc(-c2ccnn2C)cc1.CC1CCCN1C(=O)C(N)[N+](C)(C)C. The molecule has 1 aromatic heterocycles. The summed E-state index contributed by atoms with van der Waals surface area (Å²) >= 11 is 0. The van der Waals surface area contributed by atoms with Gasteiger partial charge in [-0.05, 0) is 43.9 Å². The molecule has 3 rings (SSSR count). The van der Waals surface area contributed by atoms with Crippen molar-refractivity contribution in [3.8, 4) is 11.3 Å². The molecule has 2 aromatic rings. The predicted octanol–water partition coefficient (Wildman–Crippen LogP) is 1.88. The maximum absolute atomic E-state index is 12.0. The van der Waals surface area contributed by atoms with Gasteiger partial charge >= 0.3 is 0 Å². The lowest BCUT2D eigenvalue weighted by molar-refractivity contribution is -0.886. The molecule has 1 aliphatic rings. The van der Waals surface area contributed by atoms with Crippen LogP contribution in [0.3, 0.4) is 0 Å². The van der Waals surface area contributed by atoms with Gasteiger partial charge in [-0.2, -0.15) is 5.10 Å². The molecule has 170 valence electrons. The third-order valence-corrected chi connectivity index (χ3v) is 5.77. The van der Waals surface area contributed by atoms with E-state index in [1.807, 2.05) is 75.0 Å². The van der Waals surface area contributed by atoms with Gasteiger partial charge in [0.2, 0.25) is 12.6 Å². The van der Waals surface area contributed by atoms with Gasteiger partial charge in [0.15, 0.2) is 0 Å². The fourth-order valence-electron chi connectivity index (χ4n) is 3.56. The molecule has 0 saturated carbocycles. The van der Waals surface area contributed by atoms with E-state index in [-0.39, 0.29) is 11.9 Å². The normalized spacial score (nSPS) is 18.0. The van der Waals surface area contributed by atoms with E-state index in [4.69, 9.17) is 5.73 Å². The van der Waals surface area contributed by atoms with Crippen LogP contribution >= 0.6 is 0 Å². The highest BCUT2D eigenvalue weighted by Gasteiger charge is 2.35. The van der Waals surface area contributed by atoms with Crippen LogP contribution in [0.15, 0.2) is 36.5 Å². The Morgan fingerprint density at radius 2 is 1.90 bits per heavy atom. The zero-order valence-corrected chi connectivity index (χ0v) is 19.6. The van der Waals surface area contributed by atoms with E-state index < -0.39 is 6.17 Å². The number of nitrogens with zero attached hydrogens (tertiary/aromatic N) is 4. The summed E-state index contributed by atoms with van der Waals surface area (Å²) in [5.74, 6) is 0.0856. The first-order chi connectivity index (χ1) is 14.6. The Morgan fingerprint density at radius 3 is 2.35 bits per heavy atom. The van der Waals surface area contributed by atoms with E-state index >= 15 is 0 Å². The number of aromatic nitrogens is 2. The van der Waals surface area contributed by atoms with E-state index in [0.717, 1.165) is 42.6 Å². The number of hydrogen-bond acceptors (Lipinski definition) is 4. The molecule has 8 nitrogen and oxygen atoms in total. The number of aryl methyl sites for hydroxylation is 1. The second kappa shape index (κ2) is 10.5. The van der Waals surface area contributed by atoms with Crippen molar-refractivity contribution in [2.75, 3.05) is 27.7 Å². The highest BCUT2D eigenvalue weighted by atomic mass is 16.2. The van der Waals surface area contributed by atoms with Gasteiger partial charge in [0.25, 0.3) is 5.91 Å². The van der Waals surface area contributed by atoms with Gasteiger partial charge in [-0.1, -0.05) is 24.3 Å². The Morgan fingerprint density at radius 1 is 1.26 bits per heavy atom. The number of likely N-dealkylation sites (N-methyl/N-ethyl adjacent to an activating group) is 1. The van der Waals surface area contributed by atoms with Crippen LogP contribution in [0.1, 0.15) is 38.3 Å². The van der Waals surface area contributed by atoms with Crippen molar-refractivity contribution in [1.82, 2.24) is 20.0 Å². The third-order valence-electron chi connectivity index (χ3n) is 5.77. The minimum absolute atomic E-state index is 0.0353. The largest absolute Gasteiger partial charge is 0.352 e. The standard InChI is InChI=1S/C13H15N3O.C10H22N3O/c1-10(14-9-17)11-3-5-12(6-4-11)13-7-8-15-16(13)2;1-8-6-5-7-12(8)10(14)9(11)13(2,3)4/h3-10H,1-2H3,(H,14,17);8-9H,5-7,11H2,1-4H3/q;+1. The first-order valence-electron chi connectivity index (χ1n) is 10.7. The van der Waals surface area contributed by atoms with E-state index in [1.165, 1.54) is 0 Å². The molecule has 1 aliphatic heterocycles. The Labute approximate surface area is 185 Å². The van der Waals surface area contributed by atoms with Crippen molar-refractivity contribution in [2.24, 2.45) is 12.8 Å². The molecule has 0 bridgehead atoms. The van der Waals surface area contributed by atoms with Crippen LogP contribution in [0.4, 0.5) is 0 Å². The molecule has 3 unspecified atom stereocenters. The molecule has 3 atom stereocenters. The summed E-state index contributed by atoms with van der Waals surface area (Å²) in [7, 11) is 7.76. The first kappa shape index (κ1) is 24.6. The number of nitrogens with one attached hydrogen (secondary N) is 1. The van der Waals surface area contributed by atoms with Crippen molar-refractivity contribution in [3.63, 3.8) is 0 Å². The topological polar surface area (TPSA) is 93.2 Å². The fraction of sp³-hybridized carbons (Fsp3) is 0.522. The predicted molar refractivity (Wildman–Crippen MR) is 123 cm³/mol. The van der Waals surface area contributed by atoms with Crippen molar-refractivity contribution in [1.29, 1.82) is 0 Å². The van der Waals surface area contributed by atoms with Crippen LogP contribution in [-0.4, -0.2) is 71.4 Å². The number of nitrogens with two attached hydrogens (primary N) is 1. The van der Waals surface area contributed by atoms with Gasteiger partial charge in [-0.15, -0.1) is 0 Å². The first-order valence-corrected chi connectivity index (χ1v) is 10.7. The lowest BCUT2D eigenvalue weighted by atomic mass is 10.0. The maximum Gasteiger partial charge on any atom is 0.297 e. The average Bonchev–Trinajstić information content (AvgIpc) is 3.35. The summed E-state index contributed by atoms with van der Waals surface area (Å²) in [6.45, 7) is 4.91. The van der Waals surface area contributed by atoms with Gasteiger partial charge in [0.05, 0.1) is 32.9 Å². The molecule has 0 radical (unpaired) electrons.